The first kappa shape index (κ1) is 13.6. The average molecular weight is 261 g/mol. The fourth-order valence-electron chi connectivity index (χ4n) is 2.02. The number of hydrogen-bond acceptors (Lipinski definition) is 3. The van der Waals surface area contributed by atoms with E-state index in [0.29, 0.717) is 18.9 Å². The highest BCUT2D eigenvalue weighted by molar-refractivity contribution is 5.87. The smallest absolute Gasteiger partial charge is 0.410 e. The number of likely N-dealkylation sites (tertiary alicyclic amines) is 1. The minimum atomic E-state index is -0.404. The predicted octanol–water partition coefficient (Wildman–Crippen LogP) is 2.72. The summed E-state index contributed by atoms with van der Waals surface area (Å²) in [4.78, 5) is 24.2. The van der Waals surface area contributed by atoms with Crippen LogP contribution in [-0.4, -0.2) is 29.9 Å². The Labute approximate surface area is 113 Å². The second kappa shape index (κ2) is 5.87. The maximum atomic E-state index is 11.7. The van der Waals surface area contributed by atoms with Crippen molar-refractivity contribution in [2.45, 2.75) is 32.8 Å². The first-order valence-corrected chi connectivity index (χ1v) is 6.58. The molecule has 0 aromatic heterocycles. The monoisotopic (exact) mass is 261 g/mol. The second-order valence-corrected chi connectivity index (χ2v) is 5.16. The number of carbonyl (C=O) groups excluding carboxylic acids is 2. The molecule has 0 atom stereocenters. The average Bonchev–Trinajstić information content (AvgIpc) is 2.83. The van der Waals surface area contributed by atoms with E-state index in [4.69, 9.17) is 4.74 Å². The molecule has 0 unspecified atom stereocenters. The molecule has 0 bridgehead atoms. The van der Waals surface area contributed by atoms with E-state index < -0.39 is 6.09 Å². The summed E-state index contributed by atoms with van der Waals surface area (Å²) in [5, 5.41) is 0. The lowest BCUT2D eigenvalue weighted by atomic mass is 10.0. The Bertz CT molecular complexity index is 465. The van der Waals surface area contributed by atoms with Crippen LogP contribution in [0.1, 0.15) is 37.3 Å². The number of nitrogens with zero attached hydrogens (tertiary/aromatic N) is 1. The topological polar surface area (TPSA) is 46.6 Å². The van der Waals surface area contributed by atoms with E-state index in [9.17, 15) is 9.59 Å². The Kier molecular flexibility index (Phi) is 4.20. The van der Waals surface area contributed by atoms with Crippen LogP contribution in [0.3, 0.4) is 0 Å². The first-order valence-electron chi connectivity index (χ1n) is 6.58. The number of ketones is 1. The number of Topliss-reactive ketones (excluding diaryl/α,β-unsaturated/α-hetero) is 1. The normalized spacial score (nSPS) is 15.1. The molecule has 4 nitrogen and oxygen atoms in total. The molecule has 0 saturated carbocycles. The minimum Gasteiger partial charge on any atom is -0.445 e. The van der Waals surface area contributed by atoms with Crippen LogP contribution in [0.15, 0.2) is 24.3 Å². The van der Waals surface area contributed by atoms with Crippen LogP contribution in [0.2, 0.25) is 0 Å². The van der Waals surface area contributed by atoms with E-state index in [2.05, 4.69) is 13.8 Å². The van der Waals surface area contributed by atoms with Crippen molar-refractivity contribution >= 4 is 11.9 Å². The molecule has 19 heavy (non-hydrogen) atoms. The molecule has 0 spiro atoms. The highest BCUT2D eigenvalue weighted by Crippen LogP contribution is 2.15. The second-order valence-electron chi connectivity index (χ2n) is 5.16. The van der Waals surface area contributed by atoms with Crippen molar-refractivity contribution in [1.29, 1.82) is 0 Å². The van der Waals surface area contributed by atoms with Crippen molar-refractivity contribution in [2.75, 3.05) is 13.1 Å². The summed E-state index contributed by atoms with van der Waals surface area (Å²) in [5.41, 5.74) is 2.23. The largest absolute Gasteiger partial charge is 0.445 e. The van der Waals surface area contributed by atoms with Crippen molar-refractivity contribution < 1.29 is 14.3 Å². The molecule has 1 heterocycles. The van der Waals surface area contributed by atoms with Gasteiger partial charge in [0.25, 0.3) is 0 Å². The van der Waals surface area contributed by atoms with E-state index in [1.807, 2.05) is 24.3 Å². The van der Waals surface area contributed by atoms with Gasteiger partial charge in [-0.2, -0.15) is 0 Å². The Morgan fingerprint density at radius 2 is 2.00 bits per heavy atom. The lowest BCUT2D eigenvalue weighted by molar-refractivity contribution is -0.116. The third-order valence-corrected chi connectivity index (χ3v) is 3.29. The van der Waals surface area contributed by atoms with Gasteiger partial charge in [0.1, 0.15) is 6.61 Å². The summed E-state index contributed by atoms with van der Waals surface area (Å²) >= 11 is 0. The molecule has 0 N–H and O–H groups in total. The van der Waals surface area contributed by atoms with Crippen LogP contribution in [0, 0.1) is 0 Å². The van der Waals surface area contributed by atoms with Crippen molar-refractivity contribution in [2.24, 2.45) is 0 Å². The van der Waals surface area contributed by atoms with E-state index >= 15 is 0 Å². The summed E-state index contributed by atoms with van der Waals surface area (Å²) < 4.78 is 5.20. The van der Waals surface area contributed by atoms with Gasteiger partial charge in [-0.05, 0) is 17.0 Å². The molecular formula is C15H19NO3. The van der Waals surface area contributed by atoms with Crippen LogP contribution in [0.5, 0.6) is 0 Å². The maximum absolute atomic E-state index is 11.7. The lowest BCUT2D eigenvalue weighted by Crippen LogP contribution is -2.29. The SMILES string of the molecule is CC(C)c1ccc(COC(=O)N2CCC(=O)C2)cc1. The highest BCUT2D eigenvalue weighted by atomic mass is 16.6. The van der Waals surface area contributed by atoms with Gasteiger partial charge in [0, 0.05) is 13.0 Å². The summed E-state index contributed by atoms with van der Waals surface area (Å²) in [7, 11) is 0. The van der Waals surface area contributed by atoms with E-state index in [-0.39, 0.29) is 18.9 Å². The number of amides is 1. The Balaban J connectivity index is 1.85. The zero-order valence-corrected chi connectivity index (χ0v) is 11.4. The number of benzene rings is 1. The van der Waals surface area contributed by atoms with Gasteiger partial charge < -0.3 is 9.64 Å². The van der Waals surface area contributed by atoms with Crippen LogP contribution >= 0.6 is 0 Å². The van der Waals surface area contributed by atoms with Crippen molar-refractivity contribution in [3.05, 3.63) is 35.4 Å². The van der Waals surface area contributed by atoms with Gasteiger partial charge >= 0.3 is 6.09 Å². The molecule has 1 aromatic rings. The molecule has 1 fully saturated rings. The zero-order valence-electron chi connectivity index (χ0n) is 11.4. The molecule has 1 amide bonds. The third kappa shape index (κ3) is 3.56. The van der Waals surface area contributed by atoms with E-state index in [0.717, 1.165) is 5.56 Å². The Morgan fingerprint density at radius 1 is 1.32 bits per heavy atom. The van der Waals surface area contributed by atoms with Crippen LogP contribution < -0.4 is 0 Å². The molecule has 0 radical (unpaired) electrons. The minimum absolute atomic E-state index is 0.0956. The van der Waals surface area contributed by atoms with Gasteiger partial charge in [0.05, 0.1) is 6.54 Å². The number of rotatable bonds is 3. The van der Waals surface area contributed by atoms with Gasteiger partial charge in [-0.3, -0.25) is 4.79 Å². The fourth-order valence-corrected chi connectivity index (χ4v) is 2.02. The van der Waals surface area contributed by atoms with Gasteiger partial charge in [-0.25, -0.2) is 4.79 Å². The van der Waals surface area contributed by atoms with Gasteiger partial charge in [-0.15, -0.1) is 0 Å². The first-order chi connectivity index (χ1) is 9.06. The third-order valence-electron chi connectivity index (χ3n) is 3.29. The number of hydrogen-bond donors (Lipinski definition) is 0. The van der Waals surface area contributed by atoms with Crippen molar-refractivity contribution in [3.8, 4) is 0 Å². The Morgan fingerprint density at radius 3 is 2.53 bits per heavy atom. The summed E-state index contributed by atoms with van der Waals surface area (Å²) in [6.45, 7) is 5.19. The van der Waals surface area contributed by atoms with Gasteiger partial charge in [-0.1, -0.05) is 38.1 Å². The highest BCUT2D eigenvalue weighted by Gasteiger charge is 2.24. The molecule has 102 valence electrons. The maximum Gasteiger partial charge on any atom is 0.410 e. The molecule has 1 aliphatic rings. The molecular weight excluding hydrogens is 242 g/mol. The summed E-state index contributed by atoms with van der Waals surface area (Å²) in [6, 6.07) is 8.04. The van der Waals surface area contributed by atoms with Crippen LogP contribution in [0.25, 0.3) is 0 Å². The standard InChI is InChI=1S/C15H19NO3/c1-11(2)13-5-3-12(4-6-13)10-19-15(18)16-8-7-14(17)9-16/h3-6,11H,7-10H2,1-2H3. The van der Waals surface area contributed by atoms with E-state index in [1.54, 1.807) is 0 Å². The van der Waals surface area contributed by atoms with Gasteiger partial charge in [0.15, 0.2) is 5.78 Å². The summed E-state index contributed by atoms with van der Waals surface area (Å²) in [6.07, 6.45) is 0.0387. The van der Waals surface area contributed by atoms with Crippen molar-refractivity contribution in [1.82, 2.24) is 4.90 Å². The molecule has 1 aliphatic heterocycles. The fraction of sp³-hybridized carbons (Fsp3) is 0.467. The molecule has 4 heteroatoms. The molecule has 0 aliphatic carbocycles. The molecule has 1 aromatic carbocycles. The number of ether oxygens (including phenoxy) is 1. The van der Waals surface area contributed by atoms with Crippen molar-refractivity contribution in [3.63, 3.8) is 0 Å². The molecule has 1 saturated heterocycles. The Hall–Kier alpha value is -1.84. The summed E-state index contributed by atoms with van der Waals surface area (Å²) in [5.74, 6) is 0.588. The van der Waals surface area contributed by atoms with Crippen LogP contribution in [0.4, 0.5) is 4.79 Å². The quantitative estimate of drug-likeness (QED) is 0.840. The molecule has 2 rings (SSSR count). The zero-order chi connectivity index (χ0) is 13.8. The predicted molar refractivity (Wildman–Crippen MR) is 71.9 cm³/mol. The van der Waals surface area contributed by atoms with Gasteiger partial charge in [0.2, 0.25) is 0 Å². The van der Waals surface area contributed by atoms with E-state index in [1.165, 1.54) is 10.5 Å². The lowest BCUT2D eigenvalue weighted by Gasteiger charge is -2.14. The number of carbonyl (C=O) groups is 2. The van der Waals surface area contributed by atoms with Crippen LogP contribution in [-0.2, 0) is 16.1 Å².